The Morgan fingerprint density at radius 3 is 2.10 bits per heavy atom. The van der Waals surface area contributed by atoms with Crippen LogP contribution in [0.3, 0.4) is 0 Å². The smallest absolute Gasteiger partial charge is 0.309 e. The maximum Gasteiger partial charge on any atom is 0.309 e. The summed E-state index contributed by atoms with van der Waals surface area (Å²) in [4.78, 5) is 12.8. The lowest BCUT2D eigenvalue weighted by molar-refractivity contribution is -0.187. The van der Waals surface area contributed by atoms with E-state index in [4.69, 9.17) is 4.74 Å². The van der Waals surface area contributed by atoms with E-state index in [-0.39, 0.29) is 17.8 Å². The zero-order chi connectivity index (χ0) is 22.7. The predicted octanol–water partition coefficient (Wildman–Crippen LogP) is 2.98. The van der Waals surface area contributed by atoms with Crippen LogP contribution in [0.4, 0.5) is 0 Å². The molecular weight excluding hydrogens is 374 g/mol. The second-order valence-electron chi connectivity index (χ2n) is 9.75. The minimum absolute atomic E-state index is 0.0424. The number of carbonyl (C=O) groups is 1. The number of hydrogen-bond donors (Lipinski definition) is 4. The van der Waals surface area contributed by atoms with Gasteiger partial charge in [0.1, 0.15) is 11.7 Å². The minimum Gasteiger partial charge on any atom is -0.459 e. The zero-order valence-electron chi connectivity index (χ0n) is 19.2. The summed E-state index contributed by atoms with van der Waals surface area (Å²) >= 11 is 0. The van der Waals surface area contributed by atoms with Gasteiger partial charge in [-0.3, -0.25) is 4.79 Å². The van der Waals surface area contributed by atoms with Gasteiger partial charge in [0.15, 0.2) is 0 Å². The van der Waals surface area contributed by atoms with E-state index in [1.54, 1.807) is 27.7 Å². The van der Waals surface area contributed by atoms with Crippen LogP contribution >= 0.6 is 0 Å². The van der Waals surface area contributed by atoms with Crippen LogP contribution in [0.1, 0.15) is 74.7 Å². The molecule has 1 heterocycles. The molecule has 29 heavy (non-hydrogen) atoms. The normalized spacial score (nSPS) is 47.5. The van der Waals surface area contributed by atoms with Gasteiger partial charge in [-0.05, 0) is 44.9 Å². The first kappa shape index (κ1) is 25.9. The van der Waals surface area contributed by atoms with Crippen molar-refractivity contribution in [1.82, 2.24) is 0 Å². The van der Waals surface area contributed by atoms with E-state index in [1.165, 1.54) is 6.92 Å². The Labute approximate surface area is 175 Å². The molecule has 2 unspecified atom stereocenters. The number of nitrogens with zero attached hydrogens (tertiary/aromatic N) is 1. The van der Waals surface area contributed by atoms with Gasteiger partial charge in [-0.2, -0.15) is 0 Å². The average molecular weight is 416 g/mol. The number of hydrogen-bond acceptors (Lipinski definition) is 7. The summed E-state index contributed by atoms with van der Waals surface area (Å²) in [5.74, 6) is -1.89. The molecule has 0 bridgehead atoms. The van der Waals surface area contributed by atoms with Gasteiger partial charge in [0.05, 0.1) is 23.3 Å². The summed E-state index contributed by atoms with van der Waals surface area (Å²) in [5.41, 5.74) is -2.48. The predicted molar refractivity (Wildman–Crippen MR) is 112 cm³/mol. The van der Waals surface area contributed by atoms with Crippen LogP contribution < -0.4 is 0 Å². The molecule has 0 aromatic carbocycles. The number of esters is 1. The van der Waals surface area contributed by atoms with Crippen LogP contribution in [-0.4, -0.2) is 55.6 Å². The lowest BCUT2D eigenvalue weighted by Crippen LogP contribution is -2.56. The summed E-state index contributed by atoms with van der Waals surface area (Å²) in [6, 6.07) is 0. The molecular formula is C22H41NO6. The monoisotopic (exact) mass is 415 g/mol. The lowest BCUT2D eigenvalue weighted by Gasteiger charge is -2.41. The zero-order valence-corrected chi connectivity index (χ0v) is 19.2. The van der Waals surface area contributed by atoms with Gasteiger partial charge in [-0.15, -0.1) is 0 Å². The molecule has 1 aliphatic rings. The quantitative estimate of drug-likeness (QED) is 0.297. The van der Waals surface area contributed by atoms with Crippen molar-refractivity contribution in [3.8, 4) is 0 Å². The van der Waals surface area contributed by atoms with Crippen LogP contribution in [0, 0.1) is 29.6 Å². The van der Waals surface area contributed by atoms with Crippen LogP contribution in [0.25, 0.3) is 0 Å². The van der Waals surface area contributed by atoms with Crippen molar-refractivity contribution in [2.75, 3.05) is 0 Å². The molecule has 0 radical (unpaired) electrons. The van der Waals surface area contributed by atoms with Gasteiger partial charge >= 0.3 is 5.97 Å². The van der Waals surface area contributed by atoms with E-state index >= 15 is 0 Å². The molecule has 0 amide bonds. The summed E-state index contributed by atoms with van der Waals surface area (Å²) < 4.78 is 5.64. The highest BCUT2D eigenvalue weighted by Gasteiger charge is 2.46. The molecule has 0 aliphatic carbocycles. The van der Waals surface area contributed by atoms with Gasteiger partial charge in [0.2, 0.25) is 0 Å². The van der Waals surface area contributed by atoms with Crippen LogP contribution in [-0.2, 0) is 9.53 Å². The standard InChI is InChI=1S/C22H41NO6/c1-9-17-22(8,27)19(24)16(6)18(23-28)13(3)11-21(7,26)10-12(2)14(4)15(5)20(25)29-17/h12-17,19,24,26-28H,9-11H2,1-8H3/b23-18+/t12-,13-,14+,15-,16?,17-,19?,21+,22-/m1/s1. The first-order valence-electron chi connectivity index (χ1n) is 10.7. The SMILES string of the molecule is CC[C@H]1OC(=O)[C@H](C)[C@@H](C)[C@H](C)C[C@](C)(O)C[C@@H](C)/C(=N\O)C(C)C(O)[C@]1(C)O. The van der Waals surface area contributed by atoms with Gasteiger partial charge < -0.3 is 25.3 Å². The average Bonchev–Trinajstić information content (AvgIpc) is 2.62. The number of cyclic esters (lactones) is 1. The topological polar surface area (TPSA) is 120 Å². The van der Waals surface area contributed by atoms with Gasteiger partial charge in [0, 0.05) is 11.8 Å². The molecule has 9 atom stereocenters. The van der Waals surface area contributed by atoms with Crippen molar-refractivity contribution in [1.29, 1.82) is 0 Å². The van der Waals surface area contributed by atoms with Crippen molar-refractivity contribution < 1.29 is 30.1 Å². The highest BCUT2D eigenvalue weighted by molar-refractivity contribution is 5.88. The van der Waals surface area contributed by atoms with Crippen molar-refractivity contribution in [3.05, 3.63) is 0 Å². The van der Waals surface area contributed by atoms with Crippen LogP contribution in [0.5, 0.6) is 0 Å². The summed E-state index contributed by atoms with van der Waals surface area (Å²) in [5, 5.41) is 46.0. The summed E-state index contributed by atoms with van der Waals surface area (Å²) in [6.07, 6.45) is -1.10. The third kappa shape index (κ3) is 5.92. The van der Waals surface area contributed by atoms with E-state index in [0.29, 0.717) is 25.0 Å². The molecule has 1 fully saturated rings. The fourth-order valence-corrected chi connectivity index (χ4v) is 4.79. The number of ether oxygens (including phenoxy) is 1. The maximum absolute atomic E-state index is 12.8. The van der Waals surface area contributed by atoms with Crippen molar-refractivity contribution in [2.45, 2.75) is 98.1 Å². The fourth-order valence-electron chi connectivity index (χ4n) is 4.79. The highest BCUT2D eigenvalue weighted by atomic mass is 16.6. The molecule has 7 heteroatoms. The molecule has 0 saturated carbocycles. The Balaban J connectivity index is 3.42. The molecule has 0 spiro atoms. The Morgan fingerprint density at radius 1 is 1.07 bits per heavy atom. The Bertz CT molecular complexity index is 588. The molecule has 0 aromatic heterocycles. The molecule has 1 saturated heterocycles. The summed E-state index contributed by atoms with van der Waals surface area (Å²) in [7, 11) is 0. The minimum atomic E-state index is -1.74. The fraction of sp³-hybridized carbons (Fsp3) is 0.909. The largest absolute Gasteiger partial charge is 0.459 e. The number of rotatable bonds is 1. The second-order valence-corrected chi connectivity index (χ2v) is 9.75. The van der Waals surface area contributed by atoms with E-state index in [9.17, 15) is 25.3 Å². The molecule has 1 rings (SSSR count). The van der Waals surface area contributed by atoms with E-state index in [2.05, 4.69) is 5.16 Å². The number of aliphatic hydroxyl groups is 3. The molecule has 1 aliphatic heterocycles. The van der Waals surface area contributed by atoms with Gasteiger partial charge in [0.25, 0.3) is 0 Å². The Kier molecular flexibility index (Phi) is 8.69. The van der Waals surface area contributed by atoms with Crippen molar-refractivity contribution >= 4 is 11.7 Å². The molecule has 4 N–H and O–H groups in total. The third-order valence-electron chi connectivity index (χ3n) is 7.01. The number of carbonyl (C=O) groups excluding carboxylic acids is 1. The van der Waals surface area contributed by atoms with E-state index in [0.717, 1.165) is 0 Å². The van der Waals surface area contributed by atoms with Crippen molar-refractivity contribution in [2.24, 2.45) is 34.7 Å². The van der Waals surface area contributed by atoms with E-state index < -0.39 is 41.2 Å². The van der Waals surface area contributed by atoms with Crippen LogP contribution in [0.15, 0.2) is 5.16 Å². The maximum atomic E-state index is 12.8. The lowest BCUT2D eigenvalue weighted by atomic mass is 9.73. The van der Waals surface area contributed by atoms with E-state index in [1.807, 2.05) is 20.8 Å². The molecule has 0 aromatic rings. The number of oxime groups is 1. The second kappa shape index (κ2) is 9.75. The Morgan fingerprint density at radius 2 is 1.62 bits per heavy atom. The number of aliphatic hydroxyl groups excluding tert-OH is 1. The van der Waals surface area contributed by atoms with Gasteiger partial charge in [-0.1, -0.05) is 46.7 Å². The first-order valence-corrected chi connectivity index (χ1v) is 10.7. The summed E-state index contributed by atoms with van der Waals surface area (Å²) in [6.45, 7) is 14.2. The van der Waals surface area contributed by atoms with Crippen molar-refractivity contribution in [3.63, 3.8) is 0 Å². The van der Waals surface area contributed by atoms with Gasteiger partial charge in [-0.25, -0.2) is 0 Å². The molecule has 170 valence electrons. The third-order valence-corrected chi connectivity index (χ3v) is 7.01. The van der Waals surface area contributed by atoms with Crippen LogP contribution in [0.2, 0.25) is 0 Å². The highest BCUT2D eigenvalue weighted by Crippen LogP contribution is 2.36. The Hall–Kier alpha value is -1.18. The first-order chi connectivity index (χ1) is 13.2. The molecule has 7 nitrogen and oxygen atoms in total.